The van der Waals surface area contributed by atoms with Gasteiger partial charge in [0.25, 0.3) is 0 Å². The Hall–Kier alpha value is -1.79. The summed E-state index contributed by atoms with van der Waals surface area (Å²) >= 11 is 9.37. The molecule has 0 bridgehead atoms. The lowest BCUT2D eigenvalue weighted by Crippen LogP contribution is -1.98. The summed E-state index contributed by atoms with van der Waals surface area (Å²) in [6, 6.07) is 7.93. The number of hydrogen-bond acceptors (Lipinski definition) is 3. The number of nitrogen functional groups attached to an aromatic ring is 1. The van der Waals surface area contributed by atoms with Gasteiger partial charge in [0.05, 0.1) is 10.6 Å². The smallest absolute Gasteiger partial charge is 0.169 e. The fourth-order valence-corrected chi connectivity index (χ4v) is 2.70. The van der Waals surface area contributed by atoms with Gasteiger partial charge in [-0.3, -0.25) is 4.68 Å². The highest BCUT2D eigenvalue weighted by Gasteiger charge is 2.24. The number of halogens is 3. The van der Waals surface area contributed by atoms with Crippen LogP contribution >= 0.6 is 27.5 Å². The maximum absolute atomic E-state index is 14.2. The molecule has 2 aromatic heterocycles. The topological polar surface area (TPSA) is 57.0 Å². The van der Waals surface area contributed by atoms with Crippen molar-refractivity contribution in [1.29, 1.82) is 0 Å². The zero-order valence-corrected chi connectivity index (χ0v) is 13.2. The van der Waals surface area contributed by atoms with E-state index in [4.69, 9.17) is 21.8 Å². The highest BCUT2D eigenvalue weighted by molar-refractivity contribution is 9.10. The molecule has 0 unspecified atom stereocenters. The Labute approximate surface area is 133 Å². The van der Waals surface area contributed by atoms with Crippen LogP contribution in [0.1, 0.15) is 0 Å². The van der Waals surface area contributed by atoms with Crippen molar-refractivity contribution in [2.45, 2.75) is 0 Å². The molecule has 21 heavy (non-hydrogen) atoms. The summed E-state index contributed by atoms with van der Waals surface area (Å²) in [5.74, 6) is 0.321. The molecule has 0 atom stereocenters. The summed E-state index contributed by atoms with van der Waals surface area (Å²) in [4.78, 5) is 0. The molecule has 108 valence electrons. The number of aryl methyl sites for hydroxylation is 1. The van der Waals surface area contributed by atoms with Gasteiger partial charge in [0.2, 0.25) is 0 Å². The van der Waals surface area contributed by atoms with Crippen molar-refractivity contribution < 1.29 is 8.81 Å². The van der Waals surface area contributed by atoms with Gasteiger partial charge in [-0.25, -0.2) is 4.39 Å². The van der Waals surface area contributed by atoms with E-state index in [2.05, 4.69) is 21.0 Å². The third-order valence-electron chi connectivity index (χ3n) is 3.11. The van der Waals surface area contributed by atoms with E-state index < -0.39 is 5.82 Å². The van der Waals surface area contributed by atoms with Crippen LogP contribution in [-0.2, 0) is 7.05 Å². The van der Waals surface area contributed by atoms with E-state index in [1.165, 1.54) is 16.8 Å². The Morgan fingerprint density at radius 2 is 2.05 bits per heavy atom. The Balaban J connectivity index is 2.32. The second-order valence-corrected chi connectivity index (χ2v) is 5.62. The number of anilines is 1. The van der Waals surface area contributed by atoms with Crippen molar-refractivity contribution in [2.24, 2.45) is 7.05 Å². The third kappa shape index (κ3) is 2.34. The van der Waals surface area contributed by atoms with Crippen LogP contribution in [-0.4, -0.2) is 9.78 Å². The molecule has 0 aliphatic heterocycles. The van der Waals surface area contributed by atoms with Gasteiger partial charge in [-0.15, -0.1) is 0 Å². The van der Waals surface area contributed by atoms with Crippen molar-refractivity contribution in [3.8, 4) is 22.6 Å². The first-order valence-electron chi connectivity index (χ1n) is 6.01. The van der Waals surface area contributed by atoms with Crippen molar-refractivity contribution in [2.75, 3.05) is 5.73 Å². The molecule has 3 rings (SSSR count). The van der Waals surface area contributed by atoms with Gasteiger partial charge in [-0.2, -0.15) is 5.10 Å². The van der Waals surface area contributed by atoms with Crippen molar-refractivity contribution in [1.82, 2.24) is 9.78 Å². The average Bonchev–Trinajstić information content (AvgIpc) is 2.97. The van der Waals surface area contributed by atoms with Gasteiger partial charge in [0.15, 0.2) is 10.4 Å². The minimum absolute atomic E-state index is 0.215. The first-order valence-corrected chi connectivity index (χ1v) is 7.18. The van der Waals surface area contributed by atoms with Crippen LogP contribution < -0.4 is 5.73 Å². The van der Waals surface area contributed by atoms with Crippen LogP contribution in [0.2, 0.25) is 5.02 Å². The molecule has 1 aromatic carbocycles. The van der Waals surface area contributed by atoms with Crippen LogP contribution in [0.5, 0.6) is 0 Å². The van der Waals surface area contributed by atoms with Crippen molar-refractivity contribution in [3.05, 3.63) is 45.8 Å². The lowest BCUT2D eigenvalue weighted by Gasteiger charge is -2.06. The maximum atomic E-state index is 14.2. The van der Waals surface area contributed by atoms with Crippen LogP contribution in [0.15, 0.2) is 39.4 Å². The normalized spacial score (nSPS) is 11.0. The first-order chi connectivity index (χ1) is 9.99. The average molecular weight is 371 g/mol. The van der Waals surface area contributed by atoms with E-state index in [-0.39, 0.29) is 10.6 Å². The first kappa shape index (κ1) is 14.2. The molecule has 0 amide bonds. The second kappa shape index (κ2) is 5.20. The van der Waals surface area contributed by atoms with E-state index in [1.807, 2.05) is 0 Å². The zero-order valence-electron chi connectivity index (χ0n) is 10.9. The van der Waals surface area contributed by atoms with Gasteiger partial charge < -0.3 is 10.2 Å². The number of nitrogens with zero attached hydrogens (tertiary/aromatic N) is 2. The van der Waals surface area contributed by atoms with E-state index in [0.717, 1.165) is 0 Å². The molecule has 0 fully saturated rings. The van der Waals surface area contributed by atoms with E-state index >= 15 is 0 Å². The van der Waals surface area contributed by atoms with Crippen LogP contribution in [0.4, 0.5) is 10.2 Å². The fourth-order valence-electron chi connectivity index (χ4n) is 2.13. The molecular formula is C14H10BrClFN3O. The summed E-state index contributed by atoms with van der Waals surface area (Å²) in [5.41, 5.74) is 7.11. The predicted octanol–water partition coefficient (Wildman–Crippen LogP) is 4.48. The quantitative estimate of drug-likeness (QED) is 0.723. The number of rotatable bonds is 2. The molecule has 3 aromatic rings. The van der Waals surface area contributed by atoms with Gasteiger partial charge in [0, 0.05) is 12.6 Å². The van der Waals surface area contributed by atoms with Crippen LogP contribution in [0, 0.1) is 5.82 Å². The molecule has 0 saturated heterocycles. The fraction of sp³-hybridized carbons (Fsp3) is 0.0714. The van der Waals surface area contributed by atoms with Gasteiger partial charge in [0.1, 0.15) is 17.3 Å². The summed E-state index contributed by atoms with van der Waals surface area (Å²) < 4.78 is 21.7. The third-order valence-corrected chi connectivity index (χ3v) is 3.85. The molecule has 0 spiro atoms. The highest BCUT2D eigenvalue weighted by Crippen LogP contribution is 2.41. The Bertz CT molecular complexity index is 807. The van der Waals surface area contributed by atoms with Crippen LogP contribution in [0.25, 0.3) is 22.6 Å². The predicted molar refractivity (Wildman–Crippen MR) is 83.4 cm³/mol. The lowest BCUT2D eigenvalue weighted by molar-refractivity contribution is 0.552. The Morgan fingerprint density at radius 1 is 1.29 bits per heavy atom. The monoisotopic (exact) mass is 369 g/mol. The molecular weight excluding hydrogens is 361 g/mol. The zero-order chi connectivity index (χ0) is 15.1. The highest BCUT2D eigenvalue weighted by atomic mass is 79.9. The molecule has 2 N–H and O–H groups in total. The van der Waals surface area contributed by atoms with Crippen LogP contribution in [0.3, 0.4) is 0 Å². The summed E-state index contributed by atoms with van der Waals surface area (Å²) in [6.07, 6.45) is 0. The van der Waals surface area contributed by atoms with Gasteiger partial charge >= 0.3 is 0 Å². The largest absolute Gasteiger partial charge is 0.448 e. The molecule has 7 heteroatoms. The number of aromatic nitrogens is 2. The molecule has 0 aliphatic rings. The summed E-state index contributed by atoms with van der Waals surface area (Å²) in [6.45, 7) is 0. The van der Waals surface area contributed by atoms with Crippen molar-refractivity contribution >= 4 is 33.3 Å². The summed E-state index contributed by atoms with van der Waals surface area (Å²) in [7, 11) is 1.68. The van der Waals surface area contributed by atoms with E-state index in [0.29, 0.717) is 27.5 Å². The molecule has 0 aliphatic carbocycles. The number of hydrogen-bond donors (Lipinski definition) is 1. The summed E-state index contributed by atoms with van der Waals surface area (Å²) in [5, 5.41) is 4.57. The molecule has 2 heterocycles. The minimum Gasteiger partial charge on any atom is -0.448 e. The van der Waals surface area contributed by atoms with E-state index in [1.54, 1.807) is 25.2 Å². The number of benzene rings is 1. The van der Waals surface area contributed by atoms with E-state index in [9.17, 15) is 4.39 Å². The minimum atomic E-state index is -0.464. The molecule has 4 nitrogen and oxygen atoms in total. The van der Waals surface area contributed by atoms with Gasteiger partial charge in [-0.1, -0.05) is 17.7 Å². The molecule has 0 radical (unpaired) electrons. The lowest BCUT2D eigenvalue weighted by atomic mass is 10.0. The van der Waals surface area contributed by atoms with Gasteiger partial charge in [-0.05, 0) is 40.2 Å². The SMILES string of the molecule is Cn1nc(-c2ccc(Br)o2)c(-c2c(F)cccc2Cl)c1N. The maximum Gasteiger partial charge on any atom is 0.169 e. The Morgan fingerprint density at radius 3 is 2.67 bits per heavy atom. The number of furan rings is 1. The second-order valence-electron chi connectivity index (χ2n) is 4.43. The molecule has 0 saturated carbocycles. The number of nitrogens with two attached hydrogens (primary N) is 1. The van der Waals surface area contributed by atoms with Crippen molar-refractivity contribution in [3.63, 3.8) is 0 Å². The standard InChI is InChI=1S/C14H10BrClFN3O/c1-20-14(18)12(11-7(16)3-2-4-8(11)17)13(19-20)9-5-6-10(15)21-9/h2-6H,18H2,1H3. The Kier molecular flexibility index (Phi) is 3.51.